The molecule has 8 nitrogen and oxygen atoms in total. The molecule has 0 atom stereocenters. The number of methoxy groups -OCH3 is 1. The Morgan fingerprint density at radius 2 is 2.03 bits per heavy atom. The molecule has 1 aliphatic rings. The predicted octanol–water partition coefficient (Wildman–Crippen LogP) is 4.39. The summed E-state index contributed by atoms with van der Waals surface area (Å²) in [6.07, 6.45) is 2.31. The van der Waals surface area contributed by atoms with Crippen LogP contribution in [0.15, 0.2) is 48.7 Å². The minimum absolute atomic E-state index is 0.119. The van der Waals surface area contributed by atoms with E-state index in [9.17, 15) is 9.59 Å². The number of carbonyl (C=O) groups excluding carboxylic acids is 2. The van der Waals surface area contributed by atoms with Crippen molar-refractivity contribution in [3.8, 4) is 17.0 Å². The number of anilines is 2. The number of amides is 2. The zero-order valence-electron chi connectivity index (χ0n) is 19.1. The first-order valence-corrected chi connectivity index (χ1v) is 11.3. The molecule has 9 heteroatoms. The lowest BCUT2D eigenvalue weighted by Crippen LogP contribution is -2.42. The highest BCUT2D eigenvalue weighted by Gasteiger charge is 2.29. The number of halogens is 1. The Bertz CT molecular complexity index is 1440. The van der Waals surface area contributed by atoms with Crippen LogP contribution in [0.2, 0.25) is 5.02 Å². The van der Waals surface area contributed by atoms with Gasteiger partial charge in [-0.25, -0.2) is 4.68 Å². The van der Waals surface area contributed by atoms with Gasteiger partial charge in [0, 0.05) is 53.3 Å². The van der Waals surface area contributed by atoms with Gasteiger partial charge in [-0.05, 0) is 24.6 Å². The number of benzene rings is 2. The number of para-hydroxylation sites is 1. The van der Waals surface area contributed by atoms with E-state index in [1.807, 2.05) is 38.4 Å². The molecule has 2 aromatic heterocycles. The molecule has 0 unspecified atom stereocenters. The van der Waals surface area contributed by atoms with Crippen molar-refractivity contribution in [3.05, 3.63) is 59.2 Å². The molecule has 174 valence electrons. The quantitative estimate of drug-likeness (QED) is 0.462. The molecule has 5 rings (SSSR count). The molecule has 1 aliphatic heterocycles. The van der Waals surface area contributed by atoms with E-state index in [0.29, 0.717) is 28.8 Å². The van der Waals surface area contributed by atoms with Crippen molar-refractivity contribution in [2.75, 3.05) is 23.9 Å². The van der Waals surface area contributed by atoms with Crippen LogP contribution in [0.5, 0.6) is 5.75 Å². The van der Waals surface area contributed by atoms with Crippen molar-refractivity contribution in [1.29, 1.82) is 0 Å². The van der Waals surface area contributed by atoms with Gasteiger partial charge in [0.2, 0.25) is 11.8 Å². The molecule has 1 N–H and O–H groups in total. The number of ether oxygens (including phenoxy) is 1. The largest absolute Gasteiger partial charge is 0.495 e. The summed E-state index contributed by atoms with van der Waals surface area (Å²) in [6, 6.07) is 13.4. The maximum atomic E-state index is 12.9. The Balaban J connectivity index is 1.44. The highest BCUT2D eigenvalue weighted by molar-refractivity contribution is 6.31. The fraction of sp³-hybridized carbons (Fsp3) is 0.240. The first kappa shape index (κ1) is 22.0. The van der Waals surface area contributed by atoms with E-state index in [1.54, 1.807) is 16.8 Å². The number of carbonyl (C=O) groups is 2. The molecular formula is C25H24ClN5O3. The standard InChI is InChI=1S/C25H24ClN5O3/c1-15-10-20(22(34-3)11-18(15)26)27-23(32)14-30-24-12-19(28-31(24)9-8-25(30)33)17-13-29(2)21-7-5-4-6-16(17)21/h4-7,10-13H,8-9,14H2,1-3H3,(H,27,32). The van der Waals surface area contributed by atoms with E-state index in [0.717, 1.165) is 27.7 Å². The molecule has 34 heavy (non-hydrogen) atoms. The van der Waals surface area contributed by atoms with Gasteiger partial charge in [-0.3, -0.25) is 14.5 Å². The van der Waals surface area contributed by atoms with Crippen LogP contribution in [0.4, 0.5) is 11.5 Å². The van der Waals surface area contributed by atoms with Gasteiger partial charge in [0.1, 0.15) is 18.1 Å². The molecule has 0 radical (unpaired) electrons. The molecule has 0 bridgehead atoms. The second kappa shape index (κ2) is 8.53. The molecule has 2 aromatic carbocycles. The Morgan fingerprint density at radius 3 is 2.82 bits per heavy atom. The summed E-state index contributed by atoms with van der Waals surface area (Å²) >= 11 is 6.17. The molecule has 0 saturated carbocycles. The monoisotopic (exact) mass is 477 g/mol. The molecule has 0 fully saturated rings. The van der Waals surface area contributed by atoms with E-state index < -0.39 is 0 Å². The summed E-state index contributed by atoms with van der Waals surface area (Å²) in [7, 11) is 3.51. The molecule has 2 amide bonds. The topological polar surface area (TPSA) is 81.4 Å². The van der Waals surface area contributed by atoms with E-state index >= 15 is 0 Å². The molecule has 0 spiro atoms. The lowest BCUT2D eigenvalue weighted by atomic mass is 10.1. The third-order valence-electron chi connectivity index (χ3n) is 6.10. The number of aryl methyl sites for hydroxylation is 3. The van der Waals surface area contributed by atoms with Crippen molar-refractivity contribution in [1.82, 2.24) is 14.3 Å². The van der Waals surface area contributed by atoms with E-state index in [-0.39, 0.29) is 24.8 Å². The summed E-state index contributed by atoms with van der Waals surface area (Å²) in [4.78, 5) is 27.2. The summed E-state index contributed by atoms with van der Waals surface area (Å²) in [5.41, 5.74) is 4.16. The maximum Gasteiger partial charge on any atom is 0.244 e. The summed E-state index contributed by atoms with van der Waals surface area (Å²) in [5.74, 6) is 0.604. The minimum Gasteiger partial charge on any atom is -0.495 e. The van der Waals surface area contributed by atoms with Crippen LogP contribution in [0.3, 0.4) is 0 Å². The fourth-order valence-electron chi connectivity index (χ4n) is 4.36. The SMILES string of the molecule is COc1cc(Cl)c(C)cc1NC(=O)CN1C(=O)CCn2nc(-c3cn(C)c4ccccc34)cc21. The van der Waals surface area contributed by atoms with Gasteiger partial charge in [-0.1, -0.05) is 29.8 Å². The number of fused-ring (bicyclic) bond motifs is 2. The fourth-order valence-corrected chi connectivity index (χ4v) is 4.52. The van der Waals surface area contributed by atoms with Crippen LogP contribution >= 0.6 is 11.6 Å². The number of hydrogen-bond acceptors (Lipinski definition) is 4. The summed E-state index contributed by atoms with van der Waals surface area (Å²) < 4.78 is 9.19. The van der Waals surface area contributed by atoms with E-state index in [2.05, 4.69) is 22.0 Å². The van der Waals surface area contributed by atoms with Crippen LogP contribution in [0, 0.1) is 6.92 Å². The Morgan fingerprint density at radius 1 is 1.24 bits per heavy atom. The average molecular weight is 478 g/mol. The number of hydrogen-bond donors (Lipinski definition) is 1. The third kappa shape index (κ3) is 3.80. The number of nitrogens with zero attached hydrogens (tertiary/aromatic N) is 4. The first-order valence-electron chi connectivity index (χ1n) is 10.9. The molecule has 0 saturated heterocycles. The smallest absolute Gasteiger partial charge is 0.244 e. The van der Waals surface area contributed by atoms with Crippen LogP contribution < -0.4 is 15.0 Å². The second-order valence-electron chi connectivity index (χ2n) is 8.36. The number of rotatable bonds is 5. The Kier molecular flexibility index (Phi) is 5.53. The highest BCUT2D eigenvalue weighted by atomic mass is 35.5. The van der Waals surface area contributed by atoms with Gasteiger partial charge < -0.3 is 14.6 Å². The maximum absolute atomic E-state index is 12.9. The minimum atomic E-state index is -0.338. The van der Waals surface area contributed by atoms with E-state index in [1.165, 1.54) is 12.0 Å². The van der Waals surface area contributed by atoms with Gasteiger partial charge in [-0.15, -0.1) is 0 Å². The van der Waals surface area contributed by atoms with Crippen molar-refractivity contribution in [2.24, 2.45) is 7.05 Å². The van der Waals surface area contributed by atoms with Crippen molar-refractivity contribution >= 4 is 45.8 Å². The number of nitrogens with one attached hydrogen (secondary N) is 1. The molecular weight excluding hydrogens is 454 g/mol. The zero-order chi connectivity index (χ0) is 24.0. The first-order chi connectivity index (χ1) is 16.4. The Labute approximate surface area is 201 Å². The lowest BCUT2D eigenvalue weighted by molar-refractivity contribution is -0.122. The van der Waals surface area contributed by atoms with Crippen molar-refractivity contribution in [3.63, 3.8) is 0 Å². The molecule has 4 aromatic rings. The van der Waals surface area contributed by atoms with E-state index in [4.69, 9.17) is 21.4 Å². The Hall–Kier alpha value is -3.78. The molecule has 0 aliphatic carbocycles. The summed E-state index contributed by atoms with van der Waals surface area (Å²) in [6.45, 7) is 2.19. The molecule has 3 heterocycles. The van der Waals surface area contributed by atoms with Crippen LogP contribution in [0.25, 0.3) is 22.2 Å². The zero-order valence-corrected chi connectivity index (χ0v) is 19.9. The van der Waals surface area contributed by atoms with Gasteiger partial charge in [0.25, 0.3) is 0 Å². The highest BCUT2D eigenvalue weighted by Crippen LogP contribution is 2.34. The number of aromatic nitrogens is 3. The van der Waals surface area contributed by atoms with Crippen molar-refractivity contribution < 1.29 is 14.3 Å². The third-order valence-corrected chi connectivity index (χ3v) is 6.51. The van der Waals surface area contributed by atoms with Gasteiger partial charge in [0.05, 0.1) is 25.0 Å². The van der Waals surface area contributed by atoms with Crippen LogP contribution in [0.1, 0.15) is 12.0 Å². The van der Waals surface area contributed by atoms with Gasteiger partial charge in [-0.2, -0.15) is 5.10 Å². The van der Waals surface area contributed by atoms with Crippen molar-refractivity contribution in [2.45, 2.75) is 19.9 Å². The lowest BCUT2D eigenvalue weighted by Gasteiger charge is -2.27. The second-order valence-corrected chi connectivity index (χ2v) is 8.77. The predicted molar refractivity (Wildman–Crippen MR) is 132 cm³/mol. The van der Waals surface area contributed by atoms with Crippen LogP contribution in [-0.4, -0.2) is 39.8 Å². The van der Waals surface area contributed by atoms with Crippen LogP contribution in [-0.2, 0) is 23.2 Å². The summed E-state index contributed by atoms with van der Waals surface area (Å²) in [5, 5.41) is 9.23. The normalized spacial score (nSPS) is 13.3. The van der Waals surface area contributed by atoms with Gasteiger partial charge >= 0.3 is 0 Å². The average Bonchev–Trinajstić information content (AvgIpc) is 3.39. The van der Waals surface area contributed by atoms with Gasteiger partial charge in [0.15, 0.2) is 0 Å².